The highest BCUT2D eigenvalue weighted by atomic mass is 32.2. The van der Waals surface area contributed by atoms with Crippen LogP contribution in [0, 0.1) is 6.92 Å². The molecule has 3 aromatic rings. The van der Waals surface area contributed by atoms with Crippen LogP contribution in [0.25, 0.3) is 0 Å². The van der Waals surface area contributed by atoms with Crippen LogP contribution < -0.4 is 10.0 Å². The predicted octanol–water partition coefficient (Wildman–Crippen LogP) is 3.64. The van der Waals surface area contributed by atoms with E-state index in [2.05, 4.69) is 10.0 Å². The molecular weight excluding hydrogens is 416 g/mol. The normalized spacial score (nSPS) is 12.7. The minimum atomic E-state index is -3.71. The van der Waals surface area contributed by atoms with Gasteiger partial charge in [0.1, 0.15) is 6.10 Å². The maximum absolute atomic E-state index is 12.6. The number of rotatable bonds is 7. The number of anilines is 1. The molecule has 6 nitrogen and oxygen atoms in total. The lowest BCUT2D eigenvalue weighted by molar-refractivity contribution is -0.114. The van der Waals surface area contributed by atoms with Crippen molar-refractivity contribution in [1.82, 2.24) is 4.72 Å². The first-order chi connectivity index (χ1) is 13.3. The number of benzene rings is 1. The van der Waals surface area contributed by atoms with E-state index in [1.807, 2.05) is 29.6 Å². The Labute approximate surface area is 171 Å². The van der Waals surface area contributed by atoms with Crippen molar-refractivity contribution >= 4 is 44.3 Å². The molecule has 1 atom stereocenters. The Kier molecular flexibility index (Phi) is 6.31. The number of aliphatic hydroxyl groups is 1. The maximum atomic E-state index is 12.6. The second kappa shape index (κ2) is 8.54. The van der Waals surface area contributed by atoms with Crippen LogP contribution in [0.4, 0.5) is 5.69 Å². The largest absolute Gasteiger partial charge is 0.382 e. The molecular formula is C19H20N2O4S3. The lowest BCUT2D eigenvalue weighted by atomic mass is 10.2. The van der Waals surface area contributed by atoms with E-state index in [0.29, 0.717) is 11.3 Å². The molecule has 2 heterocycles. The Bertz CT molecular complexity index is 1070. The highest BCUT2D eigenvalue weighted by Gasteiger charge is 2.19. The molecule has 1 aromatic carbocycles. The predicted molar refractivity (Wildman–Crippen MR) is 112 cm³/mol. The summed E-state index contributed by atoms with van der Waals surface area (Å²) in [4.78, 5) is 13.7. The molecule has 0 bridgehead atoms. The Morgan fingerprint density at radius 2 is 1.96 bits per heavy atom. The summed E-state index contributed by atoms with van der Waals surface area (Å²) in [6.45, 7) is 3.21. The first-order valence-corrected chi connectivity index (χ1v) is 11.6. The number of hydrogen-bond acceptors (Lipinski definition) is 6. The van der Waals surface area contributed by atoms with Crippen LogP contribution in [0.2, 0.25) is 0 Å². The zero-order valence-corrected chi connectivity index (χ0v) is 17.7. The number of carbonyl (C=O) groups is 1. The van der Waals surface area contributed by atoms with E-state index in [1.54, 1.807) is 19.1 Å². The van der Waals surface area contributed by atoms with Gasteiger partial charge in [-0.3, -0.25) is 4.79 Å². The summed E-state index contributed by atoms with van der Waals surface area (Å²) in [7, 11) is -3.71. The Morgan fingerprint density at radius 3 is 2.61 bits per heavy atom. The molecule has 3 rings (SSSR count). The molecule has 28 heavy (non-hydrogen) atoms. The first-order valence-electron chi connectivity index (χ1n) is 8.44. The number of aliphatic hydroxyl groups excluding tert-OH is 1. The number of sulfonamides is 1. The van der Waals surface area contributed by atoms with Gasteiger partial charge in [-0.25, -0.2) is 13.1 Å². The second-order valence-electron chi connectivity index (χ2n) is 6.21. The van der Waals surface area contributed by atoms with E-state index in [-0.39, 0.29) is 17.3 Å². The van der Waals surface area contributed by atoms with Crippen molar-refractivity contribution in [3.05, 3.63) is 68.0 Å². The minimum Gasteiger partial charge on any atom is -0.382 e. The molecule has 0 fully saturated rings. The third-order valence-corrected chi connectivity index (χ3v) is 7.61. The summed E-state index contributed by atoms with van der Waals surface area (Å²) in [5.41, 5.74) is 1.09. The van der Waals surface area contributed by atoms with Gasteiger partial charge in [-0.1, -0.05) is 6.07 Å². The van der Waals surface area contributed by atoms with Crippen LogP contribution in [0.1, 0.15) is 33.2 Å². The van der Waals surface area contributed by atoms with Gasteiger partial charge in [0.25, 0.3) is 0 Å². The summed E-state index contributed by atoms with van der Waals surface area (Å²) in [5, 5.41) is 14.9. The van der Waals surface area contributed by atoms with Crippen LogP contribution in [0.15, 0.2) is 52.7 Å². The average molecular weight is 437 g/mol. The molecule has 1 unspecified atom stereocenters. The van der Waals surface area contributed by atoms with Gasteiger partial charge in [-0.2, -0.15) is 0 Å². The van der Waals surface area contributed by atoms with Crippen molar-refractivity contribution in [2.24, 2.45) is 0 Å². The summed E-state index contributed by atoms with van der Waals surface area (Å²) >= 11 is 2.85. The lowest BCUT2D eigenvalue weighted by Gasteiger charge is -2.11. The van der Waals surface area contributed by atoms with Gasteiger partial charge in [0, 0.05) is 33.8 Å². The van der Waals surface area contributed by atoms with E-state index in [0.717, 1.165) is 14.6 Å². The van der Waals surface area contributed by atoms with E-state index < -0.39 is 16.1 Å². The Balaban J connectivity index is 1.69. The number of aryl methyl sites for hydroxylation is 1. The van der Waals surface area contributed by atoms with Gasteiger partial charge in [-0.05, 0) is 54.3 Å². The lowest BCUT2D eigenvalue weighted by Crippen LogP contribution is -2.23. The Hall–Kier alpha value is -2.04. The van der Waals surface area contributed by atoms with Gasteiger partial charge < -0.3 is 10.4 Å². The van der Waals surface area contributed by atoms with Crippen LogP contribution in [0.3, 0.4) is 0 Å². The summed E-state index contributed by atoms with van der Waals surface area (Å²) in [6.07, 6.45) is -0.695. The van der Waals surface area contributed by atoms with Crippen molar-refractivity contribution in [2.75, 3.05) is 5.32 Å². The molecule has 9 heteroatoms. The monoisotopic (exact) mass is 436 g/mol. The van der Waals surface area contributed by atoms with Gasteiger partial charge in [0.2, 0.25) is 15.9 Å². The quantitative estimate of drug-likeness (QED) is 0.527. The van der Waals surface area contributed by atoms with Gasteiger partial charge >= 0.3 is 0 Å². The number of hydrogen-bond donors (Lipinski definition) is 3. The zero-order chi connectivity index (χ0) is 20.3. The standard InChI is InChI=1S/C19H20N2O4S3/c1-12-10-14(21-13(2)22)5-8-18(12)28(24,25)20-11-15-6-7-17(27-15)19(23)16-4-3-9-26-16/h3-10,19-20,23H,11H2,1-2H3,(H,21,22). The van der Waals surface area contributed by atoms with E-state index in [9.17, 15) is 18.3 Å². The molecule has 3 N–H and O–H groups in total. The molecule has 0 saturated carbocycles. The van der Waals surface area contributed by atoms with Crippen molar-refractivity contribution in [3.63, 3.8) is 0 Å². The smallest absolute Gasteiger partial charge is 0.241 e. The molecule has 0 aliphatic heterocycles. The summed E-state index contributed by atoms with van der Waals surface area (Å²) in [6, 6.07) is 12.0. The molecule has 0 saturated heterocycles. The fourth-order valence-electron chi connectivity index (χ4n) is 2.70. The molecule has 0 aliphatic rings. The third kappa shape index (κ3) is 4.86. The highest BCUT2D eigenvalue weighted by Crippen LogP contribution is 2.31. The molecule has 2 aromatic heterocycles. The van der Waals surface area contributed by atoms with Gasteiger partial charge in [0.05, 0.1) is 4.90 Å². The van der Waals surface area contributed by atoms with E-state index >= 15 is 0 Å². The number of thiophene rings is 2. The molecule has 0 radical (unpaired) electrons. The van der Waals surface area contributed by atoms with Crippen molar-refractivity contribution in [3.8, 4) is 0 Å². The van der Waals surface area contributed by atoms with Crippen molar-refractivity contribution in [2.45, 2.75) is 31.4 Å². The SMILES string of the molecule is CC(=O)Nc1ccc(S(=O)(=O)NCc2ccc(C(O)c3cccs3)s2)c(C)c1. The minimum absolute atomic E-state index is 0.136. The zero-order valence-electron chi connectivity index (χ0n) is 15.3. The number of nitrogens with one attached hydrogen (secondary N) is 2. The number of amides is 1. The summed E-state index contributed by atoms with van der Waals surface area (Å²) < 4.78 is 27.9. The van der Waals surface area contributed by atoms with Crippen LogP contribution >= 0.6 is 22.7 Å². The molecule has 148 valence electrons. The van der Waals surface area contributed by atoms with Crippen LogP contribution in [-0.2, 0) is 21.4 Å². The third-order valence-electron chi connectivity index (χ3n) is 3.99. The fourth-order valence-corrected chi connectivity index (χ4v) is 5.78. The molecule has 1 amide bonds. The summed E-state index contributed by atoms with van der Waals surface area (Å²) in [5.74, 6) is -0.216. The first kappa shape index (κ1) is 20.7. The Morgan fingerprint density at radius 1 is 1.18 bits per heavy atom. The number of carbonyl (C=O) groups excluding carboxylic acids is 1. The van der Waals surface area contributed by atoms with Gasteiger partial charge in [-0.15, -0.1) is 22.7 Å². The van der Waals surface area contributed by atoms with Crippen molar-refractivity contribution in [1.29, 1.82) is 0 Å². The van der Waals surface area contributed by atoms with E-state index in [4.69, 9.17) is 0 Å². The van der Waals surface area contributed by atoms with Crippen LogP contribution in [0.5, 0.6) is 0 Å². The molecule has 0 aliphatic carbocycles. The maximum Gasteiger partial charge on any atom is 0.241 e. The average Bonchev–Trinajstić information content (AvgIpc) is 3.31. The topological polar surface area (TPSA) is 95.5 Å². The fraction of sp³-hybridized carbons (Fsp3) is 0.211. The van der Waals surface area contributed by atoms with E-state index in [1.165, 1.54) is 35.7 Å². The highest BCUT2D eigenvalue weighted by molar-refractivity contribution is 7.89. The van der Waals surface area contributed by atoms with Gasteiger partial charge in [0.15, 0.2) is 0 Å². The second-order valence-corrected chi connectivity index (χ2v) is 10.1. The van der Waals surface area contributed by atoms with Crippen LogP contribution in [-0.4, -0.2) is 19.4 Å². The molecule has 0 spiro atoms. The van der Waals surface area contributed by atoms with Crippen molar-refractivity contribution < 1.29 is 18.3 Å².